The molecule has 1 aromatic carbocycles. The molecule has 2 aromatic rings. The van der Waals surface area contributed by atoms with Gasteiger partial charge in [0.1, 0.15) is 4.21 Å². The summed E-state index contributed by atoms with van der Waals surface area (Å²) in [7, 11) is -7.13. The summed E-state index contributed by atoms with van der Waals surface area (Å²) in [5.41, 5.74) is 1.01. The summed E-state index contributed by atoms with van der Waals surface area (Å²) in [6.07, 6.45) is 1.76. The highest BCUT2D eigenvalue weighted by Crippen LogP contribution is 2.28. The van der Waals surface area contributed by atoms with E-state index in [1.54, 1.807) is 24.3 Å². The van der Waals surface area contributed by atoms with Crippen LogP contribution in [0.2, 0.25) is 0 Å². The van der Waals surface area contributed by atoms with Crippen molar-refractivity contribution in [1.82, 2.24) is 9.03 Å². The fourth-order valence-corrected chi connectivity index (χ4v) is 7.10. The van der Waals surface area contributed by atoms with Crippen LogP contribution >= 0.6 is 11.3 Å². The lowest BCUT2D eigenvalue weighted by atomic mass is 9.87. The van der Waals surface area contributed by atoms with Crippen molar-refractivity contribution in [2.75, 3.05) is 13.1 Å². The molecule has 6 nitrogen and oxygen atoms in total. The van der Waals surface area contributed by atoms with Crippen molar-refractivity contribution in [2.24, 2.45) is 0 Å². The minimum Gasteiger partial charge on any atom is -0.207 e. The topological polar surface area (TPSA) is 83.5 Å². The van der Waals surface area contributed by atoms with Gasteiger partial charge in [-0.3, -0.25) is 0 Å². The fourth-order valence-electron chi connectivity index (χ4n) is 3.03. The van der Waals surface area contributed by atoms with Crippen LogP contribution in [0.15, 0.2) is 45.5 Å². The van der Waals surface area contributed by atoms with Gasteiger partial charge in [0, 0.05) is 24.5 Å². The number of benzene rings is 1. The Balaban J connectivity index is 1.69. The van der Waals surface area contributed by atoms with Gasteiger partial charge in [-0.05, 0) is 48.1 Å². The third-order valence-electron chi connectivity index (χ3n) is 4.76. The van der Waals surface area contributed by atoms with Gasteiger partial charge in [0.15, 0.2) is 0 Å². The smallest absolute Gasteiger partial charge is 0.207 e. The number of sulfonamides is 2. The third kappa shape index (κ3) is 4.65. The molecular formula is C19H26N2O4S3. The van der Waals surface area contributed by atoms with Crippen LogP contribution in [0.4, 0.5) is 0 Å². The van der Waals surface area contributed by atoms with E-state index >= 15 is 0 Å². The predicted molar refractivity (Wildman–Crippen MR) is 111 cm³/mol. The number of thiophene rings is 1. The van der Waals surface area contributed by atoms with E-state index in [2.05, 4.69) is 25.5 Å². The summed E-state index contributed by atoms with van der Waals surface area (Å²) in [4.78, 5) is 0.856. The summed E-state index contributed by atoms with van der Waals surface area (Å²) >= 11 is 1.11. The number of rotatable bonds is 6. The number of nitrogens with zero attached hydrogens (tertiary/aromatic N) is 1. The first kappa shape index (κ1) is 21.4. The van der Waals surface area contributed by atoms with Gasteiger partial charge in [0.25, 0.3) is 10.0 Å². The van der Waals surface area contributed by atoms with Crippen molar-refractivity contribution < 1.29 is 16.8 Å². The Bertz CT molecular complexity index is 1030. The molecule has 0 radical (unpaired) electrons. The van der Waals surface area contributed by atoms with Crippen molar-refractivity contribution >= 4 is 31.4 Å². The second-order valence-corrected chi connectivity index (χ2v) is 13.0. The van der Waals surface area contributed by atoms with Gasteiger partial charge in [-0.15, -0.1) is 11.3 Å². The first-order chi connectivity index (χ1) is 13.0. The highest BCUT2D eigenvalue weighted by molar-refractivity contribution is 7.91. The second kappa shape index (κ2) is 7.87. The molecule has 0 saturated carbocycles. The van der Waals surface area contributed by atoms with Gasteiger partial charge in [0.2, 0.25) is 10.0 Å². The highest BCUT2D eigenvalue weighted by Gasteiger charge is 2.28. The van der Waals surface area contributed by atoms with Crippen LogP contribution < -0.4 is 4.72 Å². The van der Waals surface area contributed by atoms with E-state index in [1.807, 2.05) is 12.1 Å². The van der Waals surface area contributed by atoms with Crippen molar-refractivity contribution in [3.8, 4) is 0 Å². The molecule has 0 bridgehead atoms. The summed E-state index contributed by atoms with van der Waals surface area (Å²) in [5.74, 6) is 0. The Labute approximate surface area is 171 Å². The molecule has 0 amide bonds. The summed E-state index contributed by atoms with van der Waals surface area (Å²) in [5, 5.41) is 0. The van der Waals surface area contributed by atoms with Crippen LogP contribution in [0.1, 0.15) is 44.1 Å². The summed E-state index contributed by atoms with van der Waals surface area (Å²) < 4.78 is 54.6. The monoisotopic (exact) mass is 442 g/mol. The zero-order valence-electron chi connectivity index (χ0n) is 16.3. The van der Waals surface area contributed by atoms with Crippen LogP contribution in [0.3, 0.4) is 0 Å². The van der Waals surface area contributed by atoms with Gasteiger partial charge >= 0.3 is 0 Å². The predicted octanol–water partition coefficient (Wildman–Crippen LogP) is 3.31. The number of hydrogen-bond acceptors (Lipinski definition) is 5. The average molecular weight is 443 g/mol. The molecule has 28 heavy (non-hydrogen) atoms. The molecule has 2 heterocycles. The van der Waals surface area contributed by atoms with E-state index in [1.165, 1.54) is 4.31 Å². The Morgan fingerprint density at radius 3 is 2.14 bits per heavy atom. The molecule has 0 aliphatic carbocycles. The molecule has 9 heteroatoms. The fraction of sp³-hybridized carbons (Fsp3) is 0.474. The van der Waals surface area contributed by atoms with E-state index in [0.29, 0.717) is 18.0 Å². The molecule has 0 atom stereocenters. The standard InChI is InChI=1S/C19H26N2O4S3/c1-19(2,3)15-6-9-17(10-7-15)27(22,23)20-14-16-8-11-18(26-16)28(24,25)21-12-4-5-13-21/h6-11,20H,4-5,12-14H2,1-3H3. The van der Waals surface area contributed by atoms with E-state index in [4.69, 9.17) is 0 Å². The Morgan fingerprint density at radius 2 is 1.57 bits per heavy atom. The zero-order valence-corrected chi connectivity index (χ0v) is 18.8. The van der Waals surface area contributed by atoms with Crippen molar-refractivity contribution in [1.29, 1.82) is 0 Å². The lowest BCUT2D eigenvalue weighted by Crippen LogP contribution is -2.27. The first-order valence-electron chi connectivity index (χ1n) is 9.19. The third-order valence-corrected chi connectivity index (χ3v) is 9.63. The molecule has 0 unspecified atom stereocenters. The quantitative estimate of drug-likeness (QED) is 0.744. The molecule has 1 N–H and O–H groups in total. The van der Waals surface area contributed by atoms with Crippen molar-refractivity contribution in [2.45, 2.75) is 54.7 Å². The minimum absolute atomic E-state index is 0.0517. The lowest BCUT2D eigenvalue weighted by Gasteiger charge is -2.19. The van der Waals surface area contributed by atoms with E-state index in [9.17, 15) is 16.8 Å². The molecule has 3 rings (SSSR count). The molecule has 1 aliphatic rings. The van der Waals surface area contributed by atoms with E-state index in [-0.39, 0.29) is 21.1 Å². The van der Waals surface area contributed by atoms with Gasteiger partial charge < -0.3 is 0 Å². The first-order valence-corrected chi connectivity index (χ1v) is 12.9. The van der Waals surface area contributed by atoms with E-state index < -0.39 is 20.0 Å². The molecule has 1 saturated heterocycles. The van der Waals surface area contributed by atoms with Crippen LogP contribution in [-0.2, 0) is 32.0 Å². The molecule has 1 aliphatic heterocycles. The zero-order chi connectivity index (χ0) is 20.6. The van der Waals surface area contributed by atoms with Gasteiger partial charge in [-0.25, -0.2) is 21.6 Å². The van der Waals surface area contributed by atoms with Crippen molar-refractivity contribution in [3.63, 3.8) is 0 Å². The second-order valence-electron chi connectivity index (χ2n) is 7.93. The van der Waals surface area contributed by atoms with Crippen molar-refractivity contribution in [3.05, 3.63) is 46.8 Å². The van der Waals surface area contributed by atoms with Gasteiger partial charge in [-0.2, -0.15) is 4.31 Å². The average Bonchev–Trinajstić information content (AvgIpc) is 3.32. The summed E-state index contributed by atoms with van der Waals surface area (Å²) in [6.45, 7) is 7.36. The van der Waals surface area contributed by atoms with Crippen LogP contribution in [0.5, 0.6) is 0 Å². The number of nitrogens with one attached hydrogen (secondary N) is 1. The molecule has 1 fully saturated rings. The molecule has 0 spiro atoms. The molecule has 1 aromatic heterocycles. The number of hydrogen-bond donors (Lipinski definition) is 1. The van der Waals surface area contributed by atoms with Crippen LogP contribution in [0, 0.1) is 0 Å². The van der Waals surface area contributed by atoms with Gasteiger partial charge in [0.05, 0.1) is 4.90 Å². The lowest BCUT2D eigenvalue weighted by molar-refractivity contribution is 0.479. The SMILES string of the molecule is CC(C)(C)c1ccc(S(=O)(=O)NCc2ccc(S(=O)(=O)N3CCCC3)s2)cc1. The highest BCUT2D eigenvalue weighted by atomic mass is 32.2. The minimum atomic E-state index is -3.67. The maximum Gasteiger partial charge on any atom is 0.252 e. The van der Waals surface area contributed by atoms with E-state index in [0.717, 1.165) is 29.7 Å². The largest absolute Gasteiger partial charge is 0.252 e. The normalized spacial score (nSPS) is 16.5. The molecular weight excluding hydrogens is 416 g/mol. The Kier molecular flexibility index (Phi) is 6.03. The van der Waals surface area contributed by atoms with Crippen LogP contribution in [-0.4, -0.2) is 34.2 Å². The molecule has 154 valence electrons. The van der Waals surface area contributed by atoms with Gasteiger partial charge in [-0.1, -0.05) is 32.9 Å². The summed E-state index contributed by atoms with van der Waals surface area (Å²) in [6, 6.07) is 10.1. The van der Waals surface area contributed by atoms with Crippen LogP contribution in [0.25, 0.3) is 0 Å². The Morgan fingerprint density at radius 1 is 0.964 bits per heavy atom. The maximum absolute atomic E-state index is 12.6. The Hall–Kier alpha value is -1.26. The maximum atomic E-state index is 12.6.